The summed E-state index contributed by atoms with van der Waals surface area (Å²) < 4.78 is 10.6. The second-order valence-corrected chi connectivity index (χ2v) is 6.05. The van der Waals surface area contributed by atoms with Gasteiger partial charge in [-0.15, -0.1) is 0 Å². The van der Waals surface area contributed by atoms with Crippen molar-refractivity contribution in [3.05, 3.63) is 35.9 Å². The lowest BCUT2D eigenvalue weighted by Crippen LogP contribution is -2.51. The minimum Gasteiger partial charge on any atom is -0.493 e. The van der Waals surface area contributed by atoms with E-state index >= 15 is 0 Å². The van der Waals surface area contributed by atoms with Crippen LogP contribution in [0.5, 0.6) is 11.5 Å². The lowest BCUT2D eigenvalue weighted by Gasteiger charge is -2.35. The molecule has 3 rings (SSSR count). The molecule has 2 bridgehead atoms. The van der Waals surface area contributed by atoms with Crippen molar-refractivity contribution in [3.8, 4) is 11.5 Å². The Bertz CT molecular complexity index is 543. The molecule has 2 N–H and O–H groups in total. The maximum Gasteiger partial charge on any atom is 0.161 e. The first-order valence-corrected chi connectivity index (χ1v) is 7.46. The van der Waals surface area contributed by atoms with Gasteiger partial charge in [-0.3, -0.25) is 0 Å². The Kier molecular flexibility index (Phi) is 3.91. The summed E-state index contributed by atoms with van der Waals surface area (Å²) >= 11 is 0. The standard InChI is InChI=1S/C17H23NO3/c1-20-15-6-4-13(8-16(15)21-2)10-18-17(11-19)9-12-3-5-14(17)7-12/h3-6,8,12,14,18-19H,7,9-11H2,1-2H3/t12-,14+,17+/m0/s1. The van der Waals surface area contributed by atoms with E-state index < -0.39 is 0 Å². The lowest BCUT2D eigenvalue weighted by molar-refractivity contribution is 0.134. The number of hydrogen-bond donors (Lipinski definition) is 2. The van der Waals surface area contributed by atoms with Crippen LogP contribution in [0.2, 0.25) is 0 Å². The van der Waals surface area contributed by atoms with Gasteiger partial charge in [0.15, 0.2) is 11.5 Å². The second kappa shape index (κ2) is 5.70. The van der Waals surface area contributed by atoms with E-state index in [4.69, 9.17) is 9.47 Å². The van der Waals surface area contributed by atoms with E-state index in [-0.39, 0.29) is 12.1 Å². The molecule has 1 saturated carbocycles. The van der Waals surface area contributed by atoms with E-state index in [0.717, 1.165) is 30.0 Å². The number of rotatable bonds is 6. The zero-order valence-electron chi connectivity index (χ0n) is 12.6. The molecule has 1 aromatic rings. The van der Waals surface area contributed by atoms with Gasteiger partial charge < -0.3 is 19.9 Å². The number of ether oxygens (including phenoxy) is 2. The van der Waals surface area contributed by atoms with Crippen LogP contribution in [-0.4, -0.2) is 31.5 Å². The molecule has 0 aliphatic heterocycles. The largest absolute Gasteiger partial charge is 0.493 e. The fourth-order valence-corrected chi connectivity index (χ4v) is 3.66. The molecule has 0 aromatic heterocycles. The van der Waals surface area contributed by atoms with E-state index in [1.54, 1.807) is 14.2 Å². The fraction of sp³-hybridized carbons (Fsp3) is 0.529. The third-order valence-corrected chi connectivity index (χ3v) is 4.88. The smallest absolute Gasteiger partial charge is 0.161 e. The van der Waals surface area contributed by atoms with E-state index in [2.05, 4.69) is 17.5 Å². The summed E-state index contributed by atoms with van der Waals surface area (Å²) in [6.45, 7) is 0.907. The Morgan fingerprint density at radius 2 is 2.05 bits per heavy atom. The number of nitrogens with one attached hydrogen (secondary N) is 1. The van der Waals surface area contributed by atoms with Crippen LogP contribution >= 0.6 is 0 Å². The third kappa shape index (κ3) is 2.54. The normalized spacial score (nSPS) is 29.9. The Morgan fingerprint density at radius 3 is 2.62 bits per heavy atom. The monoisotopic (exact) mass is 289 g/mol. The summed E-state index contributed by atoms with van der Waals surface area (Å²) in [6, 6.07) is 5.94. The molecule has 0 radical (unpaired) electrons. The van der Waals surface area contributed by atoms with Crippen molar-refractivity contribution in [3.63, 3.8) is 0 Å². The van der Waals surface area contributed by atoms with Crippen LogP contribution in [0.3, 0.4) is 0 Å². The number of aliphatic hydroxyl groups excluding tert-OH is 1. The summed E-state index contributed by atoms with van der Waals surface area (Å²) in [5.74, 6) is 2.55. The quantitative estimate of drug-likeness (QED) is 0.788. The molecule has 2 aliphatic carbocycles. The van der Waals surface area contributed by atoms with Crippen molar-refractivity contribution in [1.29, 1.82) is 0 Å². The molecule has 21 heavy (non-hydrogen) atoms. The summed E-state index contributed by atoms with van der Waals surface area (Å²) in [7, 11) is 3.28. The number of methoxy groups -OCH3 is 2. The van der Waals surface area contributed by atoms with Crippen molar-refractivity contribution in [2.45, 2.75) is 24.9 Å². The van der Waals surface area contributed by atoms with Crippen LogP contribution in [0.4, 0.5) is 0 Å². The number of allylic oxidation sites excluding steroid dienone is 1. The average molecular weight is 289 g/mol. The van der Waals surface area contributed by atoms with Crippen LogP contribution in [0, 0.1) is 11.8 Å². The van der Waals surface area contributed by atoms with E-state index in [1.807, 2.05) is 18.2 Å². The van der Waals surface area contributed by atoms with Gasteiger partial charge in [-0.1, -0.05) is 18.2 Å². The summed E-state index contributed by atoms with van der Waals surface area (Å²) in [5.41, 5.74) is 0.972. The first kappa shape index (κ1) is 14.4. The molecule has 0 spiro atoms. The van der Waals surface area contributed by atoms with Gasteiger partial charge >= 0.3 is 0 Å². The topological polar surface area (TPSA) is 50.7 Å². The first-order valence-electron chi connectivity index (χ1n) is 7.46. The van der Waals surface area contributed by atoms with Gasteiger partial charge in [0.25, 0.3) is 0 Å². The van der Waals surface area contributed by atoms with Gasteiger partial charge in [-0.2, -0.15) is 0 Å². The van der Waals surface area contributed by atoms with Gasteiger partial charge in [0.2, 0.25) is 0 Å². The predicted octanol–water partition coefficient (Wildman–Crippen LogP) is 2.12. The zero-order valence-corrected chi connectivity index (χ0v) is 12.6. The van der Waals surface area contributed by atoms with Crippen LogP contribution in [0.15, 0.2) is 30.4 Å². The van der Waals surface area contributed by atoms with Gasteiger partial charge in [0, 0.05) is 12.1 Å². The number of benzene rings is 1. The lowest BCUT2D eigenvalue weighted by atomic mass is 9.85. The maximum absolute atomic E-state index is 9.86. The van der Waals surface area contributed by atoms with Gasteiger partial charge in [-0.05, 0) is 42.4 Å². The van der Waals surface area contributed by atoms with Crippen LogP contribution in [0.25, 0.3) is 0 Å². The summed E-state index contributed by atoms with van der Waals surface area (Å²) in [6.07, 6.45) is 6.74. The van der Waals surface area contributed by atoms with Crippen molar-refractivity contribution >= 4 is 0 Å². The van der Waals surface area contributed by atoms with Crippen molar-refractivity contribution in [2.75, 3.05) is 20.8 Å². The van der Waals surface area contributed by atoms with Crippen LogP contribution in [-0.2, 0) is 6.54 Å². The van der Waals surface area contributed by atoms with Crippen LogP contribution in [0.1, 0.15) is 18.4 Å². The Hall–Kier alpha value is -1.52. The highest BCUT2D eigenvalue weighted by Crippen LogP contribution is 2.46. The molecule has 2 aliphatic rings. The SMILES string of the molecule is COc1ccc(CN[C@@]2(CO)C[C@H]3C=C[C@@H]2C3)cc1OC. The predicted molar refractivity (Wildman–Crippen MR) is 81.6 cm³/mol. The number of aliphatic hydroxyl groups is 1. The Balaban J connectivity index is 1.71. The molecular weight excluding hydrogens is 266 g/mol. The third-order valence-electron chi connectivity index (χ3n) is 4.88. The first-order chi connectivity index (χ1) is 10.2. The maximum atomic E-state index is 9.86. The average Bonchev–Trinajstić information content (AvgIpc) is 3.13. The molecule has 1 fully saturated rings. The highest BCUT2D eigenvalue weighted by Gasteiger charge is 2.47. The van der Waals surface area contributed by atoms with Gasteiger partial charge in [-0.25, -0.2) is 0 Å². The molecular formula is C17H23NO3. The van der Waals surface area contributed by atoms with E-state index in [9.17, 15) is 5.11 Å². The second-order valence-electron chi connectivity index (χ2n) is 6.05. The fourth-order valence-electron chi connectivity index (χ4n) is 3.66. The summed E-state index contributed by atoms with van der Waals surface area (Å²) in [5, 5.41) is 13.4. The minimum atomic E-state index is -0.160. The highest BCUT2D eigenvalue weighted by molar-refractivity contribution is 5.43. The molecule has 4 nitrogen and oxygen atoms in total. The van der Waals surface area contributed by atoms with E-state index in [1.165, 1.54) is 6.42 Å². The summed E-state index contributed by atoms with van der Waals surface area (Å²) in [4.78, 5) is 0. The molecule has 114 valence electrons. The zero-order chi connectivity index (χ0) is 14.9. The van der Waals surface area contributed by atoms with Crippen molar-refractivity contribution < 1.29 is 14.6 Å². The van der Waals surface area contributed by atoms with Crippen molar-refractivity contribution in [1.82, 2.24) is 5.32 Å². The van der Waals surface area contributed by atoms with E-state index in [0.29, 0.717) is 11.8 Å². The molecule has 0 saturated heterocycles. The number of hydrogen-bond acceptors (Lipinski definition) is 4. The molecule has 3 atom stereocenters. The molecule has 0 heterocycles. The molecule has 0 amide bonds. The minimum absolute atomic E-state index is 0.160. The molecule has 4 heteroatoms. The van der Waals surface area contributed by atoms with Crippen molar-refractivity contribution in [2.24, 2.45) is 11.8 Å². The Labute approximate surface area is 125 Å². The number of fused-ring (bicyclic) bond motifs is 2. The molecule has 0 unspecified atom stereocenters. The van der Waals surface area contributed by atoms with Gasteiger partial charge in [0.1, 0.15) is 0 Å². The van der Waals surface area contributed by atoms with Gasteiger partial charge in [0.05, 0.1) is 20.8 Å². The highest BCUT2D eigenvalue weighted by atomic mass is 16.5. The molecule has 1 aromatic carbocycles. The Morgan fingerprint density at radius 1 is 1.24 bits per heavy atom. The van der Waals surface area contributed by atoms with Crippen LogP contribution < -0.4 is 14.8 Å².